The van der Waals surface area contributed by atoms with E-state index in [4.69, 9.17) is 10.8 Å². The standard InChI is InChI=1S/C7H14N2O2/c1-9-3-2-5(7(10)11)6(8)4-9/h5-6H,2-4,8H2,1H3,(H,10,11)/t5-,6+/m0/s1. The summed E-state index contributed by atoms with van der Waals surface area (Å²) in [4.78, 5) is 12.6. The maximum absolute atomic E-state index is 10.6. The first-order valence-corrected chi connectivity index (χ1v) is 3.78. The molecule has 1 aliphatic heterocycles. The van der Waals surface area contributed by atoms with Crippen LogP contribution in [0.15, 0.2) is 0 Å². The first-order valence-electron chi connectivity index (χ1n) is 3.78. The molecule has 0 spiro atoms. The molecule has 0 aromatic rings. The van der Waals surface area contributed by atoms with Crippen LogP contribution < -0.4 is 5.73 Å². The minimum Gasteiger partial charge on any atom is -0.481 e. The summed E-state index contributed by atoms with van der Waals surface area (Å²) in [6.45, 7) is 1.53. The summed E-state index contributed by atoms with van der Waals surface area (Å²) in [6, 6.07) is -0.203. The van der Waals surface area contributed by atoms with Crippen LogP contribution in [0.2, 0.25) is 0 Å². The summed E-state index contributed by atoms with van der Waals surface area (Å²) in [7, 11) is 1.96. The van der Waals surface area contributed by atoms with Gasteiger partial charge < -0.3 is 15.7 Å². The van der Waals surface area contributed by atoms with Gasteiger partial charge in [0.25, 0.3) is 0 Å². The lowest BCUT2D eigenvalue weighted by atomic mass is 9.93. The molecule has 64 valence electrons. The molecular weight excluding hydrogens is 144 g/mol. The van der Waals surface area contributed by atoms with Gasteiger partial charge in [-0.25, -0.2) is 0 Å². The van der Waals surface area contributed by atoms with E-state index in [1.54, 1.807) is 0 Å². The minimum atomic E-state index is -0.759. The lowest BCUT2D eigenvalue weighted by Crippen LogP contribution is -2.49. The molecule has 0 aromatic heterocycles. The van der Waals surface area contributed by atoms with Gasteiger partial charge >= 0.3 is 5.97 Å². The molecule has 0 unspecified atom stereocenters. The number of hydrogen-bond acceptors (Lipinski definition) is 3. The van der Waals surface area contributed by atoms with E-state index in [1.807, 2.05) is 7.05 Å². The quantitative estimate of drug-likeness (QED) is 0.532. The fourth-order valence-corrected chi connectivity index (χ4v) is 1.46. The van der Waals surface area contributed by atoms with Crippen LogP contribution in [-0.4, -0.2) is 42.2 Å². The van der Waals surface area contributed by atoms with E-state index in [0.717, 1.165) is 6.54 Å². The van der Waals surface area contributed by atoms with Gasteiger partial charge in [0.2, 0.25) is 0 Å². The van der Waals surface area contributed by atoms with Crippen molar-refractivity contribution in [1.29, 1.82) is 0 Å². The zero-order valence-electron chi connectivity index (χ0n) is 6.66. The molecule has 1 saturated heterocycles. The van der Waals surface area contributed by atoms with Gasteiger partial charge in [-0.2, -0.15) is 0 Å². The van der Waals surface area contributed by atoms with E-state index < -0.39 is 5.97 Å². The van der Waals surface area contributed by atoms with Crippen molar-refractivity contribution in [3.8, 4) is 0 Å². The van der Waals surface area contributed by atoms with E-state index >= 15 is 0 Å². The van der Waals surface area contributed by atoms with Crippen LogP contribution in [0.1, 0.15) is 6.42 Å². The third-order valence-corrected chi connectivity index (χ3v) is 2.18. The highest BCUT2D eigenvalue weighted by Gasteiger charge is 2.29. The van der Waals surface area contributed by atoms with E-state index in [0.29, 0.717) is 13.0 Å². The number of carbonyl (C=O) groups is 1. The summed E-state index contributed by atoms with van der Waals surface area (Å²) in [5, 5.41) is 8.70. The largest absolute Gasteiger partial charge is 0.481 e. The van der Waals surface area contributed by atoms with Crippen LogP contribution in [0.3, 0.4) is 0 Å². The van der Waals surface area contributed by atoms with Crippen molar-refractivity contribution in [2.24, 2.45) is 11.7 Å². The molecule has 4 heteroatoms. The molecule has 4 nitrogen and oxygen atoms in total. The van der Waals surface area contributed by atoms with Crippen molar-refractivity contribution in [1.82, 2.24) is 4.90 Å². The van der Waals surface area contributed by atoms with Gasteiger partial charge in [0.15, 0.2) is 0 Å². The summed E-state index contributed by atoms with van der Waals surface area (Å²) in [6.07, 6.45) is 0.674. The number of nitrogens with zero attached hydrogens (tertiary/aromatic N) is 1. The number of piperidine rings is 1. The zero-order chi connectivity index (χ0) is 8.43. The molecule has 1 aliphatic rings. The Morgan fingerprint density at radius 1 is 1.73 bits per heavy atom. The maximum atomic E-state index is 10.6. The van der Waals surface area contributed by atoms with Crippen LogP contribution in [0.5, 0.6) is 0 Å². The van der Waals surface area contributed by atoms with Crippen LogP contribution in [-0.2, 0) is 4.79 Å². The highest BCUT2D eigenvalue weighted by molar-refractivity contribution is 5.71. The molecule has 1 heterocycles. The normalized spacial score (nSPS) is 33.6. The smallest absolute Gasteiger partial charge is 0.308 e. The van der Waals surface area contributed by atoms with E-state index in [9.17, 15) is 4.79 Å². The number of aliphatic carboxylic acids is 1. The topological polar surface area (TPSA) is 66.6 Å². The molecule has 0 saturated carbocycles. The van der Waals surface area contributed by atoms with Gasteiger partial charge in [-0.15, -0.1) is 0 Å². The van der Waals surface area contributed by atoms with Crippen LogP contribution in [0.4, 0.5) is 0 Å². The van der Waals surface area contributed by atoms with E-state index in [2.05, 4.69) is 4.90 Å². The van der Waals surface area contributed by atoms with Gasteiger partial charge in [-0.1, -0.05) is 0 Å². The van der Waals surface area contributed by atoms with Crippen LogP contribution >= 0.6 is 0 Å². The molecule has 0 amide bonds. The van der Waals surface area contributed by atoms with E-state index in [1.165, 1.54) is 0 Å². The number of carboxylic acids is 1. The first kappa shape index (κ1) is 8.49. The second kappa shape index (κ2) is 3.19. The molecular formula is C7H14N2O2. The number of carboxylic acid groups (broad SMARTS) is 1. The molecule has 1 rings (SSSR count). The van der Waals surface area contributed by atoms with E-state index in [-0.39, 0.29) is 12.0 Å². The molecule has 2 atom stereocenters. The van der Waals surface area contributed by atoms with Gasteiger partial charge in [-0.05, 0) is 20.0 Å². The van der Waals surface area contributed by atoms with Crippen molar-refractivity contribution in [2.75, 3.05) is 20.1 Å². The molecule has 0 aromatic carbocycles. The average molecular weight is 158 g/mol. The lowest BCUT2D eigenvalue weighted by molar-refractivity contribution is -0.143. The molecule has 0 aliphatic carbocycles. The van der Waals surface area contributed by atoms with Gasteiger partial charge in [0.05, 0.1) is 5.92 Å². The van der Waals surface area contributed by atoms with Crippen molar-refractivity contribution in [3.63, 3.8) is 0 Å². The van der Waals surface area contributed by atoms with Crippen molar-refractivity contribution >= 4 is 5.97 Å². The summed E-state index contributed by atoms with van der Waals surface area (Å²) in [5.74, 6) is -1.10. The minimum absolute atomic E-state index is 0.203. The maximum Gasteiger partial charge on any atom is 0.308 e. The van der Waals surface area contributed by atoms with Crippen molar-refractivity contribution < 1.29 is 9.90 Å². The Labute approximate surface area is 66.0 Å². The number of rotatable bonds is 1. The summed E-state index contributed by atoms with van der Waals surface area (Å²) >= 11 is 0. The predicted octanol–water partition coefficient (Wildman–Crippen LogP) is -0.650. The SMILES string of the molecule is CN1CC[C@H](C(=O)O)[C@H](N)C1. The van der Waals surface area contributed by atoms with Gasteiger partial charge in [-0.3, -0.25) is 4.79 Å². The van der Waals surface area contributed by atoms with Gasteiger partial charge in [0, 0.05) is 12.6 Å². The Balaban J connectivity index is 2.50. The van der Waals surface area contributed by atoms with Gasteiger partial charge in [0.1, 0.15) is 0 Å². The number of likely N-dealkylation sites (tertiary alicyclic amines) is 1. The number of hydrogen-bond donors (Lipinski definition) is 2. The van der Waals surface area contributed by atoms with Crippen molar-refractivity contribution in [3.05, 3.63) is 0 Å². The Kier molecular flexibility index (Phi) is 2.46. The molecule has 0 radical (unpaired) electrons. The fourth-order valence-electron chi connectivity index (χ4n) is 1.46. The monoisotopic (exact) mass is 158 g/mol. The van der Waals surface area contributed by atoms with Crippen LogP contribution in [0.25, 0.3) is 0 Å². The molecule has 1 fully saturated rings. The summed E-state index contributed by atoms with van der Waals surface area (Å²) < 4.78 is 0. The van der Waals surface area contributed by atoms with Crippen LogP contribution in [0, 0.1) is 5.92 Å². The fraction of sp³-hybridized carbons (Fsp3) is 0.857. The Morgan fingerprint density at radius 3 is 2.82 bits per heavy atom. The zero-order valence-corrected chi connectivity index (χ0v) is 6.66. The Hall–Kier alpha value is -0.610. The van der Waals surface area contributed by atoms with Crippen molar-refractivity contribution in [2.45, 2.75) is 12.5 Å². The second-order valence-corrected chi connectivity index (χ2v) is 3.16. The molecule has 11 heavy (non-hydrogen) atoms. The third kappa shape index (κ3) is 1.91. The second-order valence-electron chi connectivity index (χ2n) is 3.16. The third-order valence-electron chi connectivity index (χ3n) is 2.18. The Morgan fingerprint density at radius 2 is 2.36 bits per heavy atom. The predicted molar refractivity (Wildman–Crippen MR) is 41.2 cm³/mol. The first-order chi connectivity index (χ1) is 5.11. The average Bonchev–Trinajstić information content (AvgIpc) is 1.85. The molecule has 0 bridgehead atoms. The number of likely N-dealkylation sites (N-methyl/N-ethyl adjacent to an activating group) is 1. The molecule has 3 N–H and O–H groups in total. The highest BCUT2D eigenvalue weighted by atomic mass is 16.4. The Bertz CT molecular complexity index is 161. The summed E-state index contributed by atoms with van der Waals surface area (Å²) in [5.41, 5.74) is 5.65. The number of nitrogens with two attached hydrogens (primary N) is 1. The lowest BCUT2D eigenvalue weighted by Gasteiger charge is -2.31. The highest BCUT2D eigenvalue weighted by Crippen LogP contribution is 2.14.